The van der Waals surface area contributed by atoms with Crippen LogP contribution in [0.5, 0.6) is 0 Å². The summed E-state index contributed by atoms with van der Waals surface area (Å²) in [6.07, 6.45) is 7.26. The molecule has 0 radical (unpaired) electrons. The van der Waals surface area contributed by atoms with E-state index in [9.17, 15) is 4.79 Å². The maximum Gasteiger partial charge on any atom is 0.242 e. The van der Waals surface area contributed by atoms with Crippen molar-refractivity contribution in [3.8, 4) is 0 Å². The Labute approximate surface area is 146 Å². The Balaban J connectivity index is 1.51. The lowest BCUT2D eigenvalue weighted by Crippen LogP contribution is -2.41. The standard InChI is InChI=1S/C19H21N5O/c1-14-22-16-6-2-3-7-18(16)24(14)13-19(25)23-10-4-5-15(12-23)17-11-20-8-9-21-17/h2-3,6-9,11,15H,4-5,10,12-13H2,1H3/t15-/m1/s1. The molecule has 2 aromatic heterocycles. The van der Waals surface area contributed by atoms with Crippen LogP contribution in [0.2, 0.25) is 0 Å². The molecule has 1 fully saturated rings. The van der Waals surface area contributed by atoms with Crippen molar-refractivity contribution in [3.05, 3.63) is 54.4 Å². The highest BCUT2D eigenvalue weighted by molar-refractivity contribution is 5.81. The van der Waals surface area contributed by atoms with Crippen molar-refractivity contribution < 1.29 is 4.79 Å². The molecule has 3 heterocycles. The van der Waals surface area contributed by atoms with Gasteiger partial charge in [0.2, 0.25) is 5.91 Å². The number of amides is 1. The first-order chi connectivity index (χ1) is 12.2. The number of rotatable bonds is 3. The zero-order valence-corrected chi connectivity index (χ0v) is 14.3. The number of aryl methyl sites for hydroxylation is 1. The lowest BCUT2D eigenvalue weighted by molar-refractivity contribution is -0.133. The maximum atomic E-state index is 12.9. The minimum absolute atomic E-state index is 0.139. The Morgan fingerprint density at radius 2 is 2.16 bits per heavy atom. The van der Waals surface area contributed by atoms with Crippen LogP contribution in [0, 0.1) is 6.92 Å². The predicted molar refractivity (Wildman–Crippen MR) is 95.1 cm³/mol. The Kier molecular flexibility index (Phi) is 4.17. The first kappa shape index (κ1) is 15.7. The van der Waals surface area contributed by atoms with E-state index in [0.717, 1.165) is 41.9 Å². The van der Waals surface area contributed by atoms with E-state index in [1.807, 2.05) is 46.9 Å². The van der Waals surface area contributed by atoms with Crippen LogP contribution in [0.3, 0.4) is 0 Å². The van der Waals surface area contributed by atoms with Gasteiger partial charge in [0.1, 0.15) is 12.4 Å². The van der Waals surface area contributed by atoms with Gasteiger partial charge in [0.05, 0.1) is 16.7 Å². The number of para-hydroxylation sites is 2. The Hall–Kier alpha value is -2.76. The number of carbonyl (C=O) groups excluding carboxylic acids is 1. The Bertz CT molecular complexity index is 889. The summed E-state index contributed by atoms with van der Waals surface area (Å²) in [5.74, 6) is 1.28. The topological polar surface area (TPSA) is 63.9 Å². The molecule has 6 heteroatoms. The Morgan fingerprint density at radius 1 is 1.28 bits per heavy atom. The highest BCUT2D eigenvalue weighted by Crippen LogP contribution is 2.25. The quantitative estimate of drug-likeness (QED) is 0.738. The third-order valence-electron chi connectivity index (χ3n) is 4.91. The zero-order valence-electron chi connectivity index (χ0n) is 14.3. The SMILES string of the molecule is Cc1nc2ccccc2n1CC(=O)N1CCC[C@@H](c2cnccn2)C1. The number of fused-ring (bicyclic) bond motifs is 1. The summed E-state index contributed by atoms with van der Waals surface area (Å²) in [7, 11) is 0. The van der Waals surface area contributed by atoms with Gasteiger partial charge in [0.15, 0.2) is 0 Å². The largest absolute Gasteiger partial charge is 0.340 e. The predicted octanol–water partition coefficient (Wildman–Crippen LogP) is 2.54. The van der Waals surface area contributed by atoms with Gasteiger partial charge in [-0.15, -0.1) is 0 Å². The molecule has 0 aliphatic carbocycles. The number of imidazole rings is 1. The fourth-order valence-corrected chi connectivity index (χ4v) is 3.60. The molecule has 1 atom stereocenters. The van der Waals surface area contributed by atoms with Crippen LogP contribution in [-0.2, 0) is 11.3 Å². The van der Waals surface area contributed by atoms with Gasteiger partial charge in [-0.3, -0.25) is 14.8 Å². The van der Waals surface area contributed by atoms with Crippen LogP contribution in [0.4, 0.5) is 0 Å². The monoisotopic (exact) mass is 335 g/mol. The molecule has 0 saturated carbocycles. The minimum Gasteiger partial charge on any atom is -0.340 e. The van der Waals surface area contributed by atoms with Crippen LogP contribution >= 0.6 is 0 Å². The van der Waals surface area contributed by atoms with Crippen molar-refractivity contribution in [1.82, 2.24) is 24.4 Å². The van der Waals surface area contributed by atoms with E-state index in [2.05, 4.69) is 15.0 Å². The van der Waals surface area contributed by atoms with E-state index in [0.29, 0.717) is 13.1 Å². The highest BCUT2D eigenvalue weighted by atomic mass is 16.2. The first-order valence-electron chi connectivity index (χ1n) is 8.68. The molecule has 1 saturated heterocycles. The molecule has 0 spiro atoms. The van der Waals surface area contributed by atoms with Crippen molar-refractivity contribution in [2.24, 2.45) is 0 Å². The van der Waals surface area contributed by atoms with Gasteiger partial charge in [-0.1, -0.05) is 12.1 Å². The van der Waals surface area contributed by atoms with E-state index in [-0.39, 0.29) is 11.8 Å². The average molecular weight is 335 g/mol. The van der Waals surface area contributed by atoms with Gasteiger partial charge in [0, 0.05) is 37.6 Å². The van der Waals surface area contributed by atoms with E-state index in [1.165, 1.54) is 0 Å². The summed E-state index contributed by atoms with van der Waals surface area (Å²) in [6.45, 7) is 3.80. The first-order valence-corrected chi connectivity index (χ1v) is 8.68. The number of piperidine rings is 1. The van der Waals surface area contributed by atoms with E-state index in [4.69, 9.17) is 0 Å². The second kappa shape index (κ2) is 6.63. The molecular formula is C19H21N5O. The van der Waals surface area contributed by atoms with Crippen molar-refractivity contribution in [1.29, 1.82) is 0 Å². The smallest absolute Gasteiger partial charge is 0.242 e. The summed E-state index contributed by atoms with van der Waals surface area (Å²) >= 11 is 0. The molecule has 0 bridgehead atoms. The van der Waals surface area contributed by atoms with Crippen LogP contribution in [0.1, 0.15) is 30.3 Å². The maximum absolute atomic E-state index is 12.9. The van der Waals surface area contributed by atoms with Gasteiger partial charge < -0.3 is 9.47 Å². The molecule has 1 amide bonds. The normalized spacial score (nSPS) is 17.8. The number of hydrogen-bond donors (Lipinski definition) is 0. The molecule has 1 aliphatic heterocycles. The third-order valence-corrected chi connectivity index (χ3v) is 4.91. The number of benzene rings is 1. The molecule has 0 unspecified atom stereocenters. The fraction of sp³-hybridized carbons (Fsp3) is 0.368. The summed E-state index contributed by atoms with van der Waals surface area (Å²) in [4.78, 5) is 28.0. The van der Waals surface area contributed by atoms with Gasteiger partial charge in [-0.2, -0.15) is 0 Å². The van der Waals surface area contributed by atoms with Crippen molar-refractivity contribution in [2.45, 2.75) is 32.2 Å². The molecule has 4 rings (SSSR count). The summed E-state index contributed by atoms with van der Waals surface area (Å²) < 4.78 is 2.00. The van der Waals surface area contributed by atoms with Gasteiger partial charge in [-0.05, 0) is 31.9 Å². The number of nitrogens with zero attached hydrogens (tertiary/aromatic N) is 5. The number of aromatic nitrogens is 4. The molecule has 0 N–H and O–H groups in total. The van der Waals surface area contributed by atoms with Crippen LogP contribution < -0.4 is 0 Å². The van der Waals surface area contributed by atoms with Gasteiger partial charge in [-0.25, -0.2) is 4.98 Å². The van der Waals surface area contributed by atoms with E-state index in [1.54, 1.807) is 12.4 Å². The second-order valence-electron chi connectivity index (χ2n) is 6.54. The van der Waals surface area contributed by atoms with E-state index < -0.39 is 0 Å². The molecular weight excluding hydrogens is 314 g/mol. The lowest BCUT2D eigenvalue weighted by Gasteiger charge is -2.32. The van der Waals surface area contributed by atoms with Crippen LogP contribution in [-0.4, -0.2) is 43.4 Å². The highest BCUT2D eigenvalue weighted by Gasteiger charge is 2.26. The molecule has 6 nitrogen and oxygen atoms in total. The number of hydrogen-bond acceptors (Lipinski definition) is 4. The second-order valence-corrected chi connectivity index (χ2v) is 6.54. The summed E-state index contributed by atoms with van der Waals surface area (Å²) in [6, 6.07) is 7.95. The fourth-order valence-electron chi connectivity index (χ4n) is 3.60. The minimum atomic E-state index is 0.139. The number of carbonyl (C=O) groups is 1. The molecule has 3 aromatic rings. The zero-order chi connectivity index (χ0) is 17.2. The summed E-state index contributed by atoms with van der Waals surface area (Å²) in [5.41, 5.74) is 2.92. The molecule has 25 heavy (non-hydrogen) atoms. The molecule has 1 aromatic carbocycles. The van der Waals surface area contributed by atoms with Crippen molar-refractivity contribution >= 4 is 16.9 Å². The van der Waals surface area contributed by atoms with E-state index >= 15 is 0 Å². The van der Waals surface area contributed by atoms with Gasteiger partial charge >= 0.3 is 0 Å². The molecule has 128 valence electrons. The third kappa shape index (κ3) is 3.12. The van der Waals surface area contributed by atoms with Gasteiger partial charge in [0.25, 0.3) is 0 Å². The van der Waals surface area contributed by atoms with Crippen LogP contribution in [0.15, 0.2) is 42.9 Å². The lowest BCUT2D eigenvalue weighted by atomic mass is 9.95. The molecule has 1 aliphatic rings. The van der Waals surface area contributed by atoms with Crippen molar-refractivity contribution in [2.75, 3.05) is 13.1 Å². The number of likely N-dealkylation sites (tertiary alicyclic amines) is 1. The van der Waals surface area contributed by atoms with Crippen molar-refractivity contribution in [3.63, 3.8) is 0 Å². The average Bonchev–Trinajstić information content (AvgIpc) is 2.98. The Morgan fingerprint density at radius 3 is 3.00 bits per heavy atom. The van der Waals surface area contributed by atoms with Crippen LogP contribution in [0.25, 0.3) is 11.0 Å². The summed E-state index contributed by atoms with van der Waals surface area (Å²) in [5, 5.41) is 0.